The molecule has 1 fully saturated rings. The molecule has 6 N–H and O–H groups in total. The van der Waals surface area contributed by atoms with Crippen LogP contribution in [0.2, 0.25) is 0 Å². The maximum absolute atomic E-state index is 13.2. The zero-order valence-corrected chi connectivity index (χ0v) is 62.0. The summed E-state index contributed by atoms with van der Waals surface area (Å²) in [5.74, 6) is -0.177. The number of aliphatic hydroxyl groups excluding tert-OH is 5. The Kier molecular flexibility index (Phi) is 70.3. The highest BCUT2D eigenvalue weighted by atomic mass is 16.7. The fourth-order valence-electron chi connectivity index (χ4n) is 13.7. The zero-order valence-electron chi connectivity index (χ0n) is 62.0. The van der Waals surface area contributed by atoms with E-state index in [2.05, 4.69) is 43.5 Å². The lowest BCUT2D eigenvalue weighted by molar-refractivity contribution is -0.302. The van der Waals surface area contributed by atoms with Gasteiger partial charge in [0, 0.05) is 6.42 Å². The summed E-state index contributed by atoms with van der Waals surface area (Å²) in [6, 6.07) is -0.822. The summed E-state index contributed by atoms with van der Waals surface area (Å²) in [6.07, 6.45) is 93.2. The molecule has 1 amide bonds. The number of allylic oxidation sites excluding steroid dienone is 5. The predicted molar refractivity (Wildman–Crippen MR) is 401 cm³/mol. The van der Waals surface area contributed by atoms with E-state index in [1.807, 2.05) is 6.08 Å². The second-order valence-electron chi connectivity index (χ2n) is 29.3. The van der Waals surface area contributed by atoms with Crippen molar-refractivity contribution in [3.63, 3.8) is 0 Å². The third-order valence-corrected chi connectivity index (χ3v) is 20.2. The molecule has 0 spiro atoms. The van der Waals surface area contributed by atoms with Gasteiger partial charge in [-0.1, -0.05) is 410 Å². The van der Waals surface area contributed by atoms with Crippen molar-refractivity contribution in [3.05, 3.63) is 36.5 Å². The highest BCUT2D eigenvalue weighted by Gasteiger charge is 2.44. The van der Waals surface area contributed by atoms with E-state index in [9.17, 15) is 30.3 Å². The van der Waals surface area contributed by atoms with Crippen LogP contribution in [-0.2, 0) is 14.3 Å². The van der Waals surface area contributed by atoms with Gasteiger partial charge in [-0.2, -0.15) is 0 Å². The number of amides is 1. The molecule has 0 aromatic rings. The van der Waals surface area contributed by atoms with E-state index in [-0.39, 0.29) is 12.5 Å². The molecule has 0 aromatic heterocycles. The van der Waals surface area contributed by atoms with E-state index in [1.165, 1.54) is 379 Å². The van der Waals surface area contributed by atoms with Gasteiger partial charge in [0.15, 0.2) is 6.29 Å². The van der Waals surface area contributed by atoms with Crippen LogP contribution in [0.4, 0.5) is 0 Å². The number of aliphatic hydroxyl groups is 5. The van der Waals surface area contributed by atoms with Gasteiger partial charge >= 0.3 is 0 Å². The van der Waals surface area contributed by atoms with E-state index < -0.39 is 49.5 Å². The van der Waals surface area contributed by atoms with Crippen molar-refractivity contribution in [2.24, 2.45) is 0 Å². The molecule has 0 bridgehead atoms. The van der Waals surface area contributed by atoms with E-state index in [0.29, 0.717) is 6.42 Å². The molecule has 1 rings (SSSR count). The minimum atomic E-state index is -1.57. The first-order valence-electron chi connectivity index (χ1n) is 41.7. The Labute approximate surface area is 578 Å². The van der Waals surface area contributed by atoms with Crippen LogP contribution in [0.5, 0.6) is 0 Å². The number of hydrogen-bond acceptors (Lipinski definition) is 8. The fourth-order valence-corrected chi connectivity index (χ4v) is 13.7. The van der Waals surface area contributed by atoms with Gasteiger partial charge in [-0.25, -0.2) is 0 Å². The molecular formula is C84H161NO8. The van der Waals surface area contributed by atoms with Gasteiger partial charge in [-0.15, -0.1) is 0 Å². The van der Waals surface area contributed by atoms with Gasteiger partial charge in [-0.3, -0.25) is 4.79 Å². The van der Waals surface area contributed by atoms with Gasteiger partial charge in [0.25, 0.3) is 0 Å². The maximum atomic E-state index is 13.2. The van der Waals surface area contributed by atoms with E-state index in [0.717, 1.165) is 38.5 Å². The summed E-state index contributed by atoms with van der Waals surface area (Å²) in [7, 11) is 0. The molecule has 9 heteroatoms. The van der Waals surface area contributed by atoms with Crippen LogP contribution in [0.25, 0.3) is 0 Å². The van der Waals surface area contributed by atoms with Crippen molar-refractivity contribution in [2.45, 2.75) is 480 Å². The summed E-state index contributed by atoms with van der Waals surface area (Å²) in [4.78, 5) is 13.2. The molecule has 0 radical (unpaired) electrons. The normalized spacial score (nSPS) is 17.7. The van der Waals surface area contributed by atoms with Gasteiger partial charge < -0.3 is 40.3 Å². The van der Waals surface area contributed by atoms with Crippen LogP contribution in [0.15, 0.2) is 36.5 Å². The van der Waals surface area contributed by atoms with Crippen molar-refractivity contribution in [1.29, 1.82) is 0 Å². The average Bonchev–Trinajstić information content (AvgIpc) is 1.02. The standard InChI is InChI=1S/C84H161NO8/c1-3-5-7-9-11-13-15-17-19-21-23-25-27-29-31-33-35-36-37-38-39-40-41-42-44-46-48-50-52-54-56-58-60-62-64-66-68-70-72-74-80(88)85-77(76-92-84-83(91)82(90)81(89)79(75-86)93-84)78(87)73-71-69-67-65-63-61-59-57-55-53-51-49-47-45-43-34-32-30-28-26-24-22-20-18-16-14-12-10-8-6-4-2/h21,23,63,65,71,73,77-79,81-84,86-87,89-91H,3-20,22,24-62,64,66-70,72,74-76H2,1-2H3,(H,85,88)/b23-21-,65-63+,73-71+. The maximum Gasteiger partial charge on any atom is 0.220 e. The smallest absolute Gasteiger partial charge is 0.220 e. The Morgan fingerprint density at radius 3 is 0.903 bits per heavy atom. The molecule has 1 heterocycles. The second-order valence-corrected chi connectivity index (χ2v) is 29.3. The van der Waals surface area contributed by atoms with Crippen LogP contribution in [-0.4, -0.2) is 87.5 Å². The number of rotatable bonds is 75. The molecule has 0 aromatic carbocycles. The second kappa shape index (κ2) is 73.1. The first-order valence-corrected chi connectivity index (χ1v) is 41.7. The SMILES string of the molecule is CCCCCCCCCC/C=C\CCCCCCCCCCCCCCCCCCCCCCCCCCCCCC(=O)NC(COC1OC(CO)C(O)C(O)C1O)C(O)/C=C/CC/C=C/CCCCCCCCCCCCCCCCCCCCCCCCCCC. The predicted octanol–water partition coefficient (Wildman–Crippen LogP) is 24.1. The van der Waals surface area contributed by atoms with Gasteiger partial charge in [0.05, 0.1) is 25.4 Å². The van der Waals surface area contributed by atoms with Crippen LogP contribution in [0, 0.1) is 0 Å². The molecule has 9 nitrogen and oxygen atoms in total. The minimum absolute atomic E-state index is 0.177. The summed E-state index contributed by atoms with van der Waals surface area (Å²) in [5, 5.41) is 54.9. The number of hydrogen-bond donors (Lipinski definition) is 6. The molecule has 7 unspecified atom stereocenters. The Balaban J connectivity index is 2.05. The Bertz CT molecular complexity index is 1570. The minimum Gasteiger partial charge on any atom is -0.394 e. The van der Waals surface area contributed by atoms with Crippen molar-refractivity contribution in [3.8, 4) is 0 Å². The van der Waals surface area contributed by atoms with Crippen LogP contribution >= 0.6 is 0 Å². The topological polar surface area (TPSA) is 149 Å². The first kappa shape index (κ1) is 89.4. The van der Waals surface area contributed by atoms with E-state index in [4.69, 9.17) is 9.47 Å². The summed E-state index contributed by atoms with van der Waals surface area (Å²) >= 11 is 0. The highest BCUT2D eigenvalue weighted by Crippen LogP contribution is 2.24. The third-order valence-electron chi connectivity index (χ3n) is 20.2. The molecular weight excluding hydrogens is 1150 g/mol. The first-order chi connectivity index (χ1) is 45.8. The summed E-state index contributed by atoms with van der Waals surface area (Å²) < 4.78 is 11.3. The number of ether oxygens (including phenoxy) is 2. The fraction of sp³-hybridized carbons (Fsp3) is 0.917. The van der Waals surface area contributed by atoms with E-state index in [1.54, 1.807) is 6.08 Å². The molecule has 1 aliphatic rings. The molecule has 1 aliphatic heterocycles. The zero-order chi connectivity index (χ0) is 67.1. The van der Waals surface area contributed by atoms with Crippen molar-refractivity contribution in [1.82, 2.24) is 5.32 Å². The van der Waals surface area contributed by atoms with Crippen LogP contribution in [0.3, 0.4) is 0 Å². The lowest BCUT2D eigenvalue weighted by atomic mass is 9.99. The monoisotopic (exact) mass is 1310 g/mol. The summed E-state index contributed by atoms with van der Waals surface area (Å²) in [5.41, 5.74) is 0. The molecule has 1 saturated heterocycles. The molecule has 0 saturated carbocycles. The third kappa shape index (κ3) is 61.3. The van der Waals surface area contributed by atoms with Gasteiger partial charge in [0.2, 0.25) is 5.91 Å². The number of carbonyl (C=O) groups excluding carboxylic acids is 1. The molecule has 7 atom stereocenters. The van der Waals surface area contributed by atoms with Crippen molar-refractivity contribution < 1.29 is 39.8 Å². The largest absolute Gasteiger partial charge is 0.394 e. The highest BCUT2D eigenvalue weighted by molar-refractivity contribution is 5.76. The lowest BCUT2D eigenvalue weighted by Gasteiger charge is -2.40. The van der Waals surface area contributed by atoms with Crippen LogP contribution in [0.1, 0.15) is 438 Å². The van der Waals surface area contributed by atoms with Crippen molar-refractivity contribution in [2.75, 3.05) is 13.2 Å². The molecule has 93 heavy (non-hydrogen) atoms. The quantitative estimate of drug-likeness (QED) is 0.0261. The van der Waals surface area contributed by atoms with Gasteiger partial charge in [-0.05, 0) is 57.8 Å². The lowest BCUT2D eigenvalue weighted by Crippen LogP contribution is -2.60. The van der Waals surface area contributed by atoms with Crippen molar-refractivity contribution >= 4 is 5.91 Å². The average molecular weight is 1310 g/mol. The Hall–Kier alpha value is -1.59. The van der Waals surface area contributed by atoms with Gasteiger partial charge in [0.1, 0.15) is 24.4 Å². The molecule has 550 valence electrons. The van der Waals surface area contributed by atoms with Crippen LogP contribution < -0.4 is 5.32 Å². The molecule has 0 aliphatic carbocycles. The van der Waals surface area contributed by atoms with E-state index >= 15 is 0 Å². The Morgan fingerprint density at radius 1 is 0.355 bits per heavy atom. The number of unbranched alkanes of at least 4 members (excludes halogenated alkanes) is 61. The number of carbonyl (C=O) groups is 1. The summed E-state index contributed by atoms with van der Waals surface area (Å²) in [6.45, 7) is 3.83. The number of nitrogens with one attached hydrogen (secondary N) is 1. The Morgan fingerprint density at radius 2 is 0.613 bits per heavy atom.